The normalized spacial score (nSPS) is 23.2. The summed E-state index contributed by atoms with van der Waals surface area (Å²) < 4.78 is 32.0. The average molecular weight is 359 g/mol. The molecule has 1 aromatic rings. The zero-order valence-electron chi connectivity index (χ0n) is 12.7. The molecule has 8 heteroatoms. The maximum absolute atomic E-state index is 12.6. The summed E-state index contributed by atoms with van der Waals surface area (Å²) in [6.45, 7) is 1.97. The van der Waals surface area contributed by atoms with Crippen molar-refractivity contribution in [3.05, 3.63) is 29.3 Å². The molecule has 6 nitrogen and oxygen atoms in total. The number of carbonyl (C=O) groups is 1. The summed E-state index contributed by atoms with van der Waals surface area (Å²) in [5.74, 6) is -0.0256. The average Bonchev–Trinajstić information content (AvgIpc) is 3.09. The SMILES string of the molecule is O=C([C@H]1CCCO1)N1CCN(S(=O)(=O)c2cccc(Cl)c2)CC1. The lowest BCUT2D eigenvalue weighted by molar-refractivity contribution is -0.142. The van der Waals surface area contributed by atoms with E-state index in [0.29, 0.717) is 24.7 Å². The lowest BCUT2D eigenvalue weighted by Crippen LogP contribution is -2.52. The van der Waals surface area contributed by atoms with Gasteiger partial charge in [-0.05, 0) is 31.0 Å². The molecule has 2 fully saturated rings. The molecule has 3 rings (SSSR count). The molecule has 2 aliphatic heterocycles. The van der Waals surface area contributed by atoms with E-state index in [1.54, 1.807) is 17.0 Å². The maximum Gasteiger partial charge on any atom is 0.251 e. The van der Waals surface area contributed by atoms with E-state index < -0.39 is 10.0 Å². The van der Waals surface area contributed by atoms with E-state index in [9.17, 15) is 13.2 Å². The summed E-state index contributed by atoms with van der Waals surface area (Å²) in [6.07, 6.45) is 1.30. The minimum absolute atomic E-state index is 0.0256. The van der Waals surface area contributed by atoms with Crippen LogP contribution in [0, 0.1) is 0 Å². The highest BCUT2D eigenvalue weighted by molar-refractivity contribution is 7.89. The quantitative estimate of drug-likeness (QED) is 0.818. The molecule has 0 saturated carbocycles. The predicted octanol–water partition coefficient (Wildman–Crippen LogP) is 1.35. The number of halogens is 1. The first-order chi connectivity index (χ1) is 11.0. The third-order valence-corrected chi connectivity index (χ3v) is 6.32. The number of hydrogen-bond acceptors (Lipinski definition) is 4. The molecule has 0 radical (unpaired) electrons. The number of piperazine rings is 1. The minimum atomic E-state index is -3.57. The van der Waals surface area contributed by atoms with Gasteiger partial charge in [-0.15, -0.1) is 0 Å². The monoisotopic (exact) mass is 358 g/mol. The van der Waals surface area contributed by atoms with Gasteiger partial charge in [0.25, 0.3) is 5.91 Å². The zero-order valence-corrected chi connectivity index (χ0v) is 14.2. The van der Waals surface area contributed by atoms with Crippen LogP contribution >= 0.6 is 11.6 Å². The molecule has 0 aromatic heterocycles. The molecule has 0 bridgehead atoms. The van der Waals surface area contributed by atoms with Gasteiger partial charge in [-0.3, -0.25) is 4.79 Å². The van der Waals surface area contributed by atoms with Crippen molar-refractivity contribution in [1.29, 1.82) is 0 Å². The highest BCUT2D eigenvalue weighted by atomic mass is 35.5. The van der Waals surface area contributed by atoms with Crippen molar-refractivity contribution < 1.29 is 17.9 Å². The zero-order chi connectivity index (χ0) is 16.4. The molecular formula is C15H19ClN2O4S. The van der Waals surface area contributed by atoms with Crippen molar-refractivity contribution >= 4 is 27.5 Å². The number of nitrogens with zero attached hydrogens (tertiary/aromatic N) is 2. The summed E-state index contributed by atoms with van der Waals surface area (Å²) in [5.41, 5.74) is 0. The summed E-state index contributed by atoms with van der Waals surface area (Å²) in [4.78, 5) is 14.2. The fraction of sp³-hybridized carbons (Fsp3) is 0.533. The van der Waals surface area contributed by atoms with Crippen LogP contribution in [0.5, 0.6) is 0 Å². The van der Waals surface area contributed by atoms with Crippen molar-refractivity contribution in [2.45, 2.75) is 23.8 Å². The van der Waals surface area contributed by atoms with E-state index in [0.717, 1.165) is 12.8 Å². The maximum atomic E-state index is 12.6. The molecule has 1 aromatic carbocycles. The lowest BCUT2D eigenvalue weighted by atomic mass is 10.2. The summed E-state index contributed by atoms with van der Waals surface area (Å²) in [7, 11) is -3.57. The number of ether oxygens (including phenoxy) is 1. The van der Waals surface area contributed by atoms with Gasteiger partial charge in [0.15, 0.2) is 0 Å². The highest BCUT2D eigenvalue weighted by Gasteiger charge is 2.33. The smallest absolute Gasteiger partial charge is 0.251 e. The topological polar surface area (TPSA) is 66.9 Å². The van der Waals surface area contributed by atoms with E-state index in [4.69, 9.17) is 16.3 Å². The molecule has 2 aliphatic rings. The second kappa shape index (κ2) is 6.76. The van der Waals surface area contributed by atoms with E-state index in [1.165, 1.54) is 16.4 Å². The Kier molecular flexibility index (Phi) is 4.91. The number of hydrogen-bond donors (Lipinski definition) is 0. The van der Waals surface area contributed by atoms with Crippen molar-refractivity contribution in [3.63, 3.8) is 0 Å². The van der Waals surface area contributed by atoms with Gasteiger partial charge in [-0.2, -0.15) is 4.31 Å². The number of carbonyl (C=O) groups excluding carboxylic acids is 1. The Morgan fingerprint density at radius 2 is 1.96 bits per heavy atom. The molecule has 2 heterocycles. The first-order valence-electron chi connectivity index (χ1n) is 7.64. The number of sulfonamides is 1. The Morgan fingerprint density at radius 1 is 1.22 bits per heavy atom. The lowest BCUT2D eigenvalue weighted by Gasteiger charge is -2.35. The highest BCUT2D eigenvalue weighted by Crippen LogP contribution is 2.22. The van der Waals surface area contributed by atoms with Gasteiger partial charge >= 0.3 is 0 Å². The Balaban J connectivity index is 1.65. The Morgan fingerprint density at radius 3 is 2.57 bits per heavy atom. The molecule has 0 aliphatic carbocycles. The largest absolute Gasteiger partial charge is 0.368 e. The summed E-state index contributed by atoms with van der Waals surface area (Å²) in [6, 6.07) is 6.23. The van der Waals surface area contributed by atoms with Gasteiger partial charge in [0.05, 0.1) is 4.90 Å². The van der Waals surface area contributed by atoms with Crippen LogP contribution in [0.4, 0.5) is 0 Å². The van der Waals surface area contributed by atoms with Gasteiger partial charge in [0.1, 0.15) is 6.10 Å². The third-order valence-electron chi connectivity index (χ3n) is 4.19. The van der Waals surface area contributed by atoms with Crippen molar-refractivity contribution in [1.82, 2.24) is 9.21 Å². The molecule has 1 atom stereocenters. The van der Waals surface area contributed by atoms with Crippen LogP contribution in [0.1, 0.15) is 12.8 Å². The molecule has 0 N–H and O–H groups in total. The Hall–Kier alpha value is -1.15. The van der Waals surface area contributed by atoms with Gasteiger partial charge in [-0.1, -0.05) is 17.7 Å². The first kappa shape index (κ1) is 16.7. The Labute approximate surface area is 141 Å². The van der Waals surface area contributed by atoms with Gasteiger partial charge < -0.3 is 9.64 Å². The molecule has 0 unspecified atom stereocenters. The Bertz CT molecular complexity index is 680. The van der Waals surface area contributed by atoms with E-state index >= 15 is 0 Å². The van der Waals surface area contributed by atoms with Gasteiger partial charge in [-0.25, -0.2) is 8.42 Å². The minimum Gasteiger partial charge on any atom is -0.368 e. The van der Waals surface area contributed by atoms with Crippen LogP contribution in [0.2, 0.25) is 5.02 Å². The van der Waals surface area contributed by atoms with Crippen LogP contribution in [0.25, 0.3) is 0 Å². The van der Waals surface area contributed by atoms with Crippen molar-refractivity contribution in [2.24, 2.45) is 0 Å². The van der Waals surface area contributed by atoms with E-state index in [2.05, 4.69) is 0 Å². The molecule has 1 amide bonds. The van der Waals surface area contributed by atoms with Crippen LogP contribution in [0.3, 0.4) is 0 Å². The molecule has 126 valence electrons. The van der Waals surface area contributed by atoms with Crippen LogP contribution in [0.15, 0.2) is 29.2 Å². The fourth-order valence-electron chi connectivity index (χ4n) is 2.90. The number of benzene rings is 1. The standard InChI is InChI=1S/C15H19ClN2O4S/c16-12-3-1-4-13(11-12)23(20,21)18-8-6-17(7-9-18)15(19)14-5-2-10-22-14/h1,3-4,11,14H,2,5-10H2/t14-/m1/s1. The van der Waals surface area contributed by atoms with Crippen molar-refractivity contribution in [3.8, 4) is 0 Å². The number of rotatable bonds is 3. The first-order valence-corrected chi connectivity index (χ1v) is 9.46. The predicted molar refractivity (Wildman–Crippen MR) is 85.8 cm³/mol. The molecule has 2 saturated heterocycles. The van der Waals surface area contributed by atoms with E-state index in [1.807, 2.05) is 0 Å². The second-order valence-corrected chi connectivity index (χ2v) is 8.06. The molecule has 0 spiro atoms. The third kappa shape index (κ3) is 3.52. The summed E-state index contributed by atoms with van der Waals surface area (Å²) in [5, 5.41) is 0.387. The van der Waals surface area contributed by atoms with Crippen LogP contribution in [-0.4, -0.2) is 62.4 Å². The number of amides is 1. The van der Waals surface area contributed by atoms with E-state index in [-0.39, 0.29) is 30.0 Å². The molecule has 23 heavy (non-hydrogen) atoms. The van der Waals surface area contributed by atoms with Crippen molar-refractivity contribution in [2.75, 3.05) is 32.8 Å². The van der Waals surface area contributed by atoms with Gasteiger partial charge in [0, 0.05) is 37.8 Å². The van der Waals surface area contributed by atoms with Crippen LogP contribution < -0.4 is 0 Å². The fourth-order valence-corrected chi connectivity index (χ4v) is 4.62. The van der Waals surface area contributed by atoms with Gasteiger partial charge in [0.2, 0.25) is 10.0 Å². The molecular weight excluding hydrogens is 340 g/mol. The summed E-state index contributed by atoms with van der Waals surface area (Å²) >= 11 is 5.88. The second-order valence-electron chi connectivity index (χ2n) is 5.69. The van der Waals surface area contributed by atoms with Crippen LogP contribution in [-0.2, 0) is 19.6 Å².